The molecule has 10 heteroatoms. The Morgan fingerprint density at radius 1 is 1.00 bits per heavy atom. The summed E-state index contributed by atoms with van der Waals surface area (Å²) < 4.78 is 85.2. The van der Waals surface area contributed by atoms with Gasteiger partial charge in [-0.1, -0.05) is 30.3 Å². The summed E-state index contributed by atoms with van der Waals surface area (Å²) in [6.07, 6.45) is -7.52. The minimum absolute atomic E-state index is 0.117. The summed E-state index contributed by atoms with van der Waals surface area (Å²) in [4.78, 5) is 12.7. The molecule has 3 rings (SSSR count). The zero-order valence-electron chi connectivity index (χ0n) is 18.3. The van der Waals surface area contributed by atoms with E-state index in [0.717, 1.165) is 18.5 Å². The fourth-order valence-corrected chi connectivity index (χ4v) is 4.28. The first-order chi connectivity index (χ1) is 16.1. The number of likely N-dealkylation sites (tertiary alicyclic amines) is 1. The van der Waals surface area contributed by atoms with Gasteiger partial charge in [0.15, 0.2) is 0 Å². The van der Waals surface area contributed by atoms with Crippen molar-refractivity contribution in [3.63, 3.8) is 0 Å². The van der Waals surface area contributed by atoms with Gasteiger partial charge in [-0.15, -0.1) is 0 Å². The Kier molecular flexibility index (Phi) is 8.59. The highest BCUT2D eigenvalue weighted by atomic mass is 19.4. The zero-order chi connectivity index (χ0) is 24.8. The molecule has 0 aliphatic carbocycles. The normalized spacial score (nSPS) is 19.7. The van der Waals surface area contributed by atoms with Crippen molar-refractivity contribution in [3.05, 3.63) is 70.8 Å². The Bertz CT molecular complexity index is 901. The monoisotopic (exact) mass is 488 g/mol. The smallest absolute Gasteiger partial charge is 0.372 e. The van der Waals surface area contributed by atoms with Gasteiger partial charge in [-0.3, -0.25) is 9.69 Å². The fourth-order valence-electron chi connectivity index (χ4n) is 4.28. The molecule has 1 fully saturated rings. The van der Waals surface area contributed by atoms with Crippen LogP contribution in [0.4, 0.5) is 26.3 Å². The Morgan fingerprint density at radius 3 is 2.24 bits per heavy atom. The third-order valence-corrected chi connectivity index (χ3v) is 5.78. The molecule has 0 spiro atoms. The Balaban J connectivity index is 1.82. The fraction of sp³-hybridized carbons (Fsp3) is 0.458. The number of nitrogens with one attached hydrogen (secondary N) is 1. The van der Waals surface area contributed by atoms with Crippen molar-refractivity contribution >= 4 is 6.41 Å². The maximum absolute atomic E-state index is 13.2. The average Bonchev–Trinajstić information content (AvgIpc) is 2.80. The standard InChI is InChI=1S/C24H26F6N2O2/c25-23(26,27)19-12-17(13-20(14-19)24(28,29)30)15-34-21-8-4-10-32(11-5-9-31-16-33)22(21)18-6-2-1-3-7-18/h1-3,6-7,12-14,16,21-22H,4-5,8-11,15H2,(H,31,33). The maximum atomic E-state index is 13.2. The van der Waals surface area contributed by atoms with Gasteiger partial charge in [0, 0.05) is 13.1 Å². The van der Waals surface area contributed by atoms with E-state index in [2.05, 4.69) is 10.2 Å². The number of halogens is 6. The molecule has 1 aliphatic heterocycles. The van der Waals surface area contributed by atoms with Crippen molar-refractivity contribution in [3.8, 4) is 0 Å². The summed E-state index contributed by atoms with van der Waals surface area (Å²) in [5, 5.41) is 2.61. The second-order valence-corrected chi connectivity index (χ2v) is 8.22. The van der Waals surface area contributed by atoms with Crippen LogP contribution in [0, 0.1) is 0 Å². The Morgan fingerprint density at radius 2 is 1.65 bits per heavy atom. The van der Waals surface area contributed by atoms with E-state index in [1.165, 1.54) is 0 Å². The van der Waals surface area contributed by atoms with Crippen LogP contribution < -0.4 is 5.32 Å². The van der Waals surface area contributed by atoms with Gasteiger partial charge in [-0.25, -0.2) is 0 Å². The van der Waals surface area contributed by atoms with E-state index in [0.29, 0.717) is 44.5 Å². The van der Waals surface area contributed by atoms with Crippen LogP contribution in [0.15, 0.2) is 48.5 Å². The highest BCUT2D eigenvalue weighted by Crippen LogP contribution is 2.38. The largest absolute Gasteiger partial charge is 0.416 e. The molecule has 4 nitrogen and oxygen atoms in total. The number of nitrogens with zero attached hydrogens (tertiary/aromatic N) is 1. The highest BCUT2D eigenvalue weighted by Gasteiger charge is 2.37. The van der Waals surface area contributed by atoms with Gasteiger partial charge in [0.2, 0.25) is 6.41 Å². The summed E-state index contributed by atoms with van der Waals surface area (Å²) in [6, 6.07) is 10.8. The van der Waals surface area contributed by atoms with Crippen molar-refractivity contribution in [1.29, 1.82) is 0 Å². The molecule has 0 radical (unpaired) electrons. The van der Waals surface area contributed by atoms with Crippen LogP contribution in [0.1, 0.15) is 47.6 Å². The van der Waals surface area contributed by atoms with E-state index in [1.807, 2.05) is 30.3 Å². The van der Waals surface area contributed by atoms with Gasteiger partial charge in [0.25, 0.3) is 0 Å². The zero-order valence-corrected chi connectivity index (χ0v) is 18.3. The first-order valence-corrected chi connectivity index (χ1v) is 11.0. The van der Waals surface area contributed by atoms with Gasteiger partial charge in [0.05, 0.1) is 29.9 Å². The molecule has 1 aliphatic rings. The van der Waals surface area contributed by atoms with Crippen LogP contribution in [0.5, 0.6) is 0 Å². The molecule has 0 bridgehead atoms. The molecule has 2 aromatic carbocycles. The number of piperidine rings is 1. The predicted molar refractivity (Wildman–Crippen MR) is 114 cm³/mol. The van der Waals surface area contributed by atoms with Crippen LogP contribution in [0.2, 0.25) is 0 Å². The second-order valence-electron chi connectivity index (χ2n) is 8.22. The van der Waals surface area contributed by atoms with E-state index < -0.39 is 29.6 Å². The van der Waals surface area contributed by atoms with Gasteiger partial charge < -0.3 is 10.1 Å². The number of rotatable bonds is 9. The van der Waals surface area contributed by atoms with E-state index >= 15 is 0 Å². The number of alkyl halides is 6. The van der Waals surface area contributed by atoms with E-state index in [4.69, 9.17) is 4.74 Å². The van der Waals surface area contributed by atoms with Crippen molar-refractivity contribution in [2.24, 2.45) is 0 Å². The first kappa shape index (κ1) is 26.0. The number of carbonyl (C=O) groups excluding carboxylic acids is 1. The number of hydrogen-bond donors (Lipinski definition) is 1. The quantitative estimate of drug-likeness (QED) is 0.285. The van der Waals surface area contributed by atoms with Crippen LogP contribution in [0.25, 0.3) is 0 Å². The third-order valence-electron chi connectivity index (χ3n) is 5.78. The topological polar surface area (TPSA) is 41.6 Å². The van der Waals surface area contributed by atoms with Crippen molar-refractivity contribution in [1.82, 2.24) is 10.2 Å². The van der Waals surface area contributed by atoms with Crippen molar-refractivity contribution in [2.45, 2.75) is 50.4 Å². The number of carbonyl (C=O) groups is 1. The van der Waals surface area contributed by atoms with Crippen LogP contribution in [-0.4, -0.2) is 37.0 Å². The molecule has 1 amide bonds. The molecule has 0 aromatic heterocycles. The number of amides is 1. The van der Waals surface area contributed by atoms with Crippen LogP contribution in [0.3, 0.4) is 0 Å². The predicted octanol–water partition coefficient (Wildman–Crippen LogP) is 5.58. The summed E-state index contributed by atoms with van der Waals surface area (Å²) in [6.45, 7) is 1.54. The van der Waals surface area contributed by atoms with E-state index in [9.17, 15) is 31.1 Å². The lowest BCUT2D eigenvalue weighted by molar-refractivity contribution is -0.143. The lowest BCUT2D eigenvalue weighted by Crippen LogP contribution is -2.43. The molecule has 2 aromatic rings. The lowest BCUT2D eigenvalue weighted by atomic mass is 9.92. The minimum Gasteiger partial charge on any atom is -0.372 e. The molecule has 1 N–H and O–H groups in total. The molecule has 1 heterocycles. The minimum atomic E-state index is -4.90. The first-order valence-electron chi connectivity index (χ1n) is 11.0. The number of ether oxygens (including phenoxy) is 1. The second kappa shape index (κ2) is 11.2. The molecule has 1 saturated heterocycles. The summed E-state index contributed by atoms with van der Waals surface area (Å²) in [5.41, 5.74) is -1.93. The Labute approximate surface area is 193 Å². The summed E-state index contributed by atoms with van der Waals surface area (Å²) in [5.74, 6) is 0. The van der Waals surface area contributed by atoms with Crippen LogP contribution >= 0.6 is 0 Å². The molecule has 0 saturated carbocycles. The Hall–Kier alpha value is -2.59. The molecule has 2 unspecified atom stereocenters. The lowest BCUT2D eigenvalue weighted by Gasteiger charge is -2.41. The van der Waals surface area contributed by atoms with E-state index in [-0.39, 0.29) is 24.3 Å². The third kappa shape index (κ3) is 6.96. The van der Waals surface area contributed by atoms with Crippen molar-refractivity contribution < 1.29 is 35.9 Å². The molecule has 2 atom stereocenters. The molecule has 186 valence electrons. The molecular formula is C24H26F6N2O2. The SMILES string of the molecule is O=CNCCCN1CCCC(OCc2cc(C(F)(F)F)cc(C(F)(F)F)c2)C1c1ccccc1. The maximum Gasteiger partial charge on any atom is 0.416 e. The molecular weight excluding hydrogens is 462 g/mol. The van der Waals surface area contributed by atoms with Crippen molar-refractivity contribution in [2.75, 3.05) is 19.6 Å². The van der Waals surface area contributed by atoms with Gasteiger partial charge >= 0.3 is 12.4 Å². The number of benzene rings is 2. The number of hydrogen-bond acceptors (Lipinski definition) is 3. The highest BCUT2D eigenvalue weighted by molar-refractivity contribution is 5.45. The van der Waals surface area contributed by atoms with Crippen LogP contribution in [-0.2, 0) is 28.5 Å². The average molecular weight is 488 g/mol. The molecule has 34 heavy (non-hydrogen) atoms. The van der Waals surface area contributed by atoms with Gasteiger partial charge in [0.1, 0.15) is 0 Å². The summed E-state index contributed by atoms with van der Waals surface area (Å²) in [7, 11) is 0. The van der Waals surface area contributed by atoms with E-state index in [1.54, 1.807) is 0 Å². The van der Waals surface area contributed by atoms with Gasteiger partial charge in [-0.05, 0) is 55.1 Å². The van der Waals surface area contributed by atoms with Gasteiger partial charge in [-0.2, -0.15) is 26.3 Å². The summed E-state index contributed by atoms with van der Waals surface area (Å²) >= 11 is 0.